The molecule has 0 atom stereocenters. The fraction of sp³-hybridized carbons (Fsp3) is 0.118. The minimum absolute atomic E-state index is 0.133. The molecule has 1 N–H and O–H groups in total. The van der Waals surface area contributed by atoms with Crippen LogP contribution in [0.3, 0.4) is 0 Å². The van der Waals surface area contributed by atoms with Gasteiger partial charge in [-0.1, -0.05) is 18.2 Å². The number of sulfonamides is 1. The third kappa shape index (κ3) is 3.75. The summed E-state index contributed by atoms with van der Waals surface area (Å²) in [6, 6.07) is 16.1. The summed E-state index contributed by atoms with van der Waals surface area (Å²) in [5, 5.41) is 3.98. The molecule has 0 saturated heterocycles. The van der Waals surface area contributed by atoms with Gasteiger partial charge in [-0.25, -0.2) is 8.42 Å². The maximum Gasteiger partial charge on any atom is 0.265 e. The van der Waals surface area contributed by atoms with Gasteiger partial charge in [-0.15, -0.1) is 0 Å². The number of ether oxygens (including phenoxy) is 1. The quantitative estimate of drug-likeness (QED) is 0.743. The van der Waals surface area contributed by atoms with Crippen LogP contribution in [0, 0.1) is 0 Å². The first-order valence-electron chi connectivity index (χ1n) is 7.45. The van der Waals surface area contributed by atoms with Crippen LogP contribution in [-0.2, 0) is 16.6 Å². The van der Waals surface area contributed by atoms with Crippen LogP contribution < -0.4 is 9.46 Å². The molecular formula is C17H17N3O3S. The van der Waals surface area contributed by atoms with Gasteiger partial charge in [-0.2, -0.15) is 5.10 Å². The zero-order chi connectivity index (χ0) is 17.0. The van der Waals surface area contributed by atoms with Gasteiger partial charge in [0, 0.05) is 18.4 Å². The molecule has 0 aliphatic carbocycles. The molecule has 124 valence electrons. The number of rotatable bonds is 6. The first kappa shape index (κ1) is 16.1. The molecule has 7 heteroatoms. The lowest BCUT2D eigenvalue weighted by molar-refractivity contribution is 0.483. The second kappa shape index (κ2) is 6.76. The summed E-state index contributed by atoms with van der Waals surface area (Å²) in [7, 11) is -3.65. The minimum atomic E-state index is -3.65. The van der Waals surface area contributed by atoms with Crippen molar-refractivity contribution in [2.24, 2.45) is 0 Å². The molecule has 0 unspecified atom stereocenters. The van der Waals surface area contributed by atoms with Gasteiger partial charge >= 0.3 is 0 Å². The van der Waals surface area contributed by atoms with E-state index in [1.54, 1.807) is 28.9 Å². The lowest BCUT2D eigenvalue weighted by Crippen LogP contribution is -2.12. The molecule has 6 nitrogen and oxygen atoms in total. The van der Waals surface area contributed by atoms with Crippen molar-refractivity contribution in [3.05, 3.63) is 67.0 Å². The highest BCUT2D eigenvalue weighted by atomic mass is 32.2. The Kier molecular flexibility index (Phi) is 4.52. The number of nitrogens with one attached hydrogen (secondary N) is 1. The molecule has 2 aromatic carbocycles. The Labute approximate surface area is 140 Å². The van der Waals surface area contributed by atoms with Crippen molar-refractivity contribution < 1.29 is 13.2 Å². The van der Waals surface area contributed by atoms with E-state index in [2.05, 4.69) is 9.82 Å². The van der Waals surface area contributed by atoms with Crippen molar-refractivity contribution in [2.45, 2.75) is 18.4 Å². The second-order valence-electron chi connectivity index (χ2n) is 5.08. The van der Waals surface area contributed by atoms with Crippen molar-refractivity contribution in [3.63, 3.8) is 0 Å². The van der Waals surface area contributed by atoms with Gasteiger partial charge in [-0.3, -0.25) is 9.40 Å². The highest BCUT2D eigenvalue weighted by molar-refractivity contribution is 7.92. The van der Waals surface area contributed by atoms with Crippen LogP contribution >= 0.6 is 0 Å². The Morgan fingerprint density at radius 1 is 1.04 bits per heavy atom. The van der Waals surface area contributed by atoms with Crippen molar-refractivity contribution in [3.8, 4) is 11.5 Å². The second-order valence-corrected chi connectivity index (χ2v) is 6.76. The topological polar surface area (TPSA) is 73.2 Å². The van der Waals surface area contributed by atoms with Crippen molar-refractivity contribution in [1.29, 1.82) is 0 Å². The molecule has 0 bridgehead atoms. The number of para-hydroxylation sites is 1. The Hall–Kier alpha value is -2.80. The SMILES string of the molecule is CCn1cc(S(=O)(=O)Nc2ccc(Oc3ccccc3)cc2)cn1. The van der Waals surface area contributed by atoms with Gasteiger partial charge in [0.05, 0.1) is 6.20 Å². The van der Waals surface area contributed by atoms with E-state index in [0.717, 1.165) is 5.75 Å². The zero-order valence-corrected chi connectivity index (χ0v) is 13.9. The lowest BCUT2D eigenvalue weighted by atomic mass is 10.3. The maximum absolute atomic E-state index is 12.3. The molecule has 0 saturated carbocycles. The third-order valence-electron chi connectivity index (χ3n) is 3.33. The minimum Gasteiger partial charge on any atom is -0.457 e. The summed E-state index contributed by atoms with van der Waals surface area (Å²) in [6.45, 7) is 2.50. The first-order chi connectivity index (χ1) is 11.6. The fourth-order valence-corrected chi connectivity index (χ4v) is 3.10. The molecule has 0 radical (unpaired) electrons. The van der Waals surface area contributed by atoms with Gasteiger partial charge < -0.3 is 4.74 Å². The van der Waals surface area contributed by atoms with Gasteiger partial charge in [0.1, 0.15) is 16.4 Å². The van der Waals surface area contributed by atoms with Crippen LogP contribution in [0.4, 0.5) is 5.69 Å². The van der Waals surface area contributed by atoms with Crippen LogP contribution in [0.1, 0.15) is 6.92 Å². The van der Waals surface area contributed by atoms with Crippen LogP contribution in [-0.4, -0.2) is 18.2 Å². The van der Waals surface area contributed by atoms with E-state index in [0.29, 0.717) is 18.0 Å². The number of aromatic nitrogens is 2. The summed E-state index contributed by atoms with van der Waals surface area (Å²) in [4.78, 5) is 0.133. The highest BCUT2D eigenvalue weighted by Gasteiger charge is 2.16. The summed E-state index contributed by atoms with van der Waals surface area (Å²) < 4.78 is 34.4. The van der Waals surface area contributed by atoms with E-state index < -0.39 is 10.0 Å². The van der Waals surface area contributed by atoms with Gasteiger partial charge in [0.2, 0.25) is 0 Å². The predicted molar refractivity (Wildman–Crippen MR) is 91.7 cm³/mol. The summed E-state index contributed by atoms with van der Waals surface area (Å²) in [6.07, 6.45) is 2.83. The van der Waals surface area contributed by atoms with E-state index in [4.69, 9.17) is 4.74 Å². The number of anilines is 1. The lowest BCUT2D eigenvalue weighted by Gasteiger charge is -2.08. The Bertz CT molecular complexity index is 904. The van der Waals surface area contributed by atoms with E-state index in [1.165, 1.54) is 12.4 Å². The molecule has 1 aromatic heterocycles. The van der Waals surface area contributed by atoms with E-state index in [1.807, 2.05) is 37.3 Å². The van der Waals surface area contributed by atoms with Crippen LogP contribution in [0.15, 0.2) is 71.9 Å². The standard InChI is InChI=1S/C17H17N3O3S/c1-2-20-13-17(12-18-20)24(21,22)19-14-8-10-16(11-9-14)23-15-6-4-3-5-7-15/h3-13,19H,2H2,1H3. The molecule has 0 spiro atoms. The Morgan fingerprint density at radius 2 is 1.71 bits per heavy atom. The van der Waals surface area contributed by atoms with E-state index >= 15 is 0 Å². The largest absolute Gasteiger partial charge is 0.457 e. The average molecular weight is 343 g/mol. The van der Waals surface area contributed by atoms with Gasteiger partial charge in [0.25, 0.3) is 10.0 Å². The normalized spacial score (nSPS) is 11.2. The van der Waals surface area contributed by atoms with E-state index in [-0.39, 0.29) is 4.90 Å². The monoisotopic (exact) mass is 343 g/mol. The Balaban J connectivity index is 1.71. The fourth-order valence-electron chi connectivity index (χ4n) is 2.09. The number of aryl methyl sites for hydroxylation is 1. The van der Waals surface area contributed by atoms with Crippen molar-refractivity contribution in [1.82, 2.24) is 9.78 Å². The summed E-state index contributed by atoms with van der Waals surface area (Å²) >= 11 is 0. The zero-order valence-electron chi connectivity index (χ0n) is 13.1. The molecule has 0 amide bonds. The van der Waals surface area contributed by atoms with Gasteiger partial charge in [0.15, 0.2) is 0 Å². The maximum atomic E-state index is 12.3. The molecule has 0 fully saturated rings. The van der Waals surface area contributed by atoms with Crippen molar-refractivity contribution >= 4 is 15.7 Å². The van der Waals surface area contributed by atoms with Crippen LogP contribution in [0.2, 0.25) is 0 Å². The molecule has 0 aliphatic rings. The number of hydrogen-bond donors (Lipinski definition) is 1. The van der Waals surface area contributed by atoms with Crippen molar-refractivity contribution in [2.75, 3.05) is 4.72 Å². The highest BCUT2D eigenvalue weighted by Crippen LogP contribution is 2.23. The molecule has 3 rings (SSSR count). The van der Waals surface area contributed by atoms with E-state index in [9.17, 15) is 8.42 Å². The number of hydrogen-bond acceptors (Lipinski definition) is 4. The molecule has 3 aromatic rings. The number of nitrogens with zero attached hydrogens (tertiary/aromatic N) is 2. The first-order valence-corrected chi connectivity index (χ1v) is 8.93. The Morgan fingerprint density at radius 3 is 2.33 bits per heavy atom. The smallest absolute Gasteiger partial charge is 0.265 e. The number of benzene rings is 2. The average Bonchev–Trinajstić information content (AvgIpc) is 3.08. The summed E-state index contributed by atoms with van der Waals surface area (Å²) in [5.74, 6) is 1.35. The molecule has 24 heavy (non-hydrogen) atoms. The summed E-state index contributed by atoms with van der Waals surface area (Å²) in [5.41, 5.74) is 0.458. The van der Waals surface area contributed by atoms with Crippen LogP contribution in [0.5, 0.6) is 11.5 Å². The molecule has 0 aliphatic heterocycles. The molecular weight excluding hydrogens is 326 g/mol. The van der Waals surface area contributed by atoms with Crippen LogP contribution in [0.25, 0.3) is 0 Å². The third-order valence-corrected chi connectivity index (χ3v) is 4.67. The predicted octanol–water partition coefficient (Wildman–Crippen LogP) is 3.50. The van der Waals surface area contributed by atoms with Gasteiger partial charge in [-0.05, 0) is 43.3 Å². The molecule has 1 heterocycles.